The smallest absolute Gasteiger partial charge is 0.410 e. The van der Waals surface area contributed by atoms with Crippen molar-refractivity contribution in [3.05, 3.63) is 63.8 Å². The molecule has 0 atom stereocenters. The van der Waals surface area contributed by atoms with Crippen LogP contribution in [0.4, 0.5) is 4.79 Å². The fourth-order valence-corrected chi connectivity index (χ4v) is 3.96. The van der Waals surface area contributed by atoms with Gasteiger partial charge in [-0.05, 0) is 33.6 Å². The van der Waals surface area contributed by atoms with Gasteiger partial charge in [-0.15, -0.1) is 0 Å². The first-order chi connectivity index (χ1) is 14.7. The van der Waals surface area contributed by atoms with E-state index >= 15 is 0 Å². The third-order valence-electron chi connectivity index (χ3n) is 5.61. The van der Waals surface area contributed by atoms with Crippen molar-refractivity contribution in [1.82, 2.24) is 14.5 Å². The Morgan fingerprint density at radius 3 is 2.52 bits per heavy atom. The van der Waals surface area contributed by atoms with Crippen LogP contribution in [0.15, 0.2) is 46.4 Å². The SMILES string of the molecule is CC(C)(C)OC(=O)N1CCC(O)(Cn2cnc3c(c2=O)CN=C3c2ccccc2)CC1. The third-order valence-corrected chi connectivity index (χ3v) is 5.61. The maximum absolute atomic E-state index is 13.0. The van der Waals surface area contributed by atoms with Crippen LogP contribution in [0.5, 0.6) is 0 Å². The highest BCUT2D eigenvalue weighted by atomic mass is 16.6. The van der Waals surface area contributed by atoms with Crippen molar-refractivity contribution in [1.29, 1.82) is 0 Å². The predicted octanol–water partition coefficient (Wildman–Crippen LogP) is 2.36. The molecule has 31 heavy (non-hydrogen) atoms. The number of ether oxygens (including phenoxy) is 1. The van der Waals surface area contributed by atoms with E-state index in [9.17, 15) is 14.7 Å². The summed E-state index contributed by atoms with van der Waals surface area (Å²) in [4.78, 5) is 35.9. The Bertz CT molecular complexity index is 1060. The standard InChI is InChI=1S/C23H28N4O4/c1-22(2,3)31-21(29)26-11-9-23(30,10-12-26)14-27-15-25-19-17(20(27)28)13-24-18(19)16-7-5-4-6-8-16/h4-8,15,30H,9-14H2,1-3H3. The van der Waals surface area contributed by atoms with Crippen molar-refractivity contribution in [2.75, 3.05) is 13.1 Å². The Morgan fingerprint density at radius 1 is 1.19 bits per heavy atom. The molecule has 0 saturated carbocycles. The molecule has 1 aromatic carbocycles. The second kappa shape index (κ2) is 7.92. The molecule has 0 unspecified atom stereocenters. The van der Waals surface area contributed by atoms with E-state index in [1.807, 2.05) is 51.1 Å². The number of piperidine rings is 1. The molecule has 0 bridgehead atoms. The summed E-state index contributed by atoms with van der Waals surface area (Å²) in [7, 11) is 0. The number of aromatic nitrogens is 2. The molecule has 2 aliphatic rings. The lowest BCUT2D eigenvalue weighted by Crippen LogP contribution is -2.50. The molecular weight excluding hydrogens is 396 g/mol. The molecule has 8 nitrogen and oxygen atoms in total. The van der Waals surface area contributed by atoms with Crippen LogP contribution in [-0.4, -0.2) is 55.7 Å². The van der Waals surface area contributed by atoms with Crippen molar-refractivity contribution in [2.24, 2.45) is 4.99 Å². The largest absolute Gasteiger partial charge is 0.444 e. The van der Waals surface area contributed by atoms with Gasteiger partial charge in [-0.1, -0.05) is 30.3 Å². The van der Waals surface area contributed by atoms with Gasteiger partial charge < -0.3 is 14.7 Å². The van der Waals surface area contributed by atoms with Gasteiger partial charge in [-0.3, -0.25) is 14.4 Å². The number of aliphatic imine (C=N–C) groups is 1. The predicted molar refractivity (Wildman–Crippen MR) is 116 cm³/mol. The Kier molecular flexibility index (Phi) is 5.43. The maximum Gasteiger partial charge on any atom is 0.410 e. The number of fused-ring (bicyclic) bond motifs is 1. The Balaban J connectivity index is 1.45. The van der Waals surface area contributed by atoms with E-state index in [4.69, 9.17) is 4.74 Å². The van der Waals surface area contributed by atoms with Crippen LogP contribution in [0.2, 0.25) is 0 Å². The number of aliphatic hydroxyl groups is 1. The fourth-order valence-electron chi connectivity index (χ4n) is 3.96. The van der Waals surface area contributed by atoms with Crippen molar-refractivity contribution in [3.63, 3.8) is 0 Å². The van der Waals surface area contributed by atoms with Gasteiger partial charge in [0.25, 0.3) is 5.56 Å². The molecule has 1 fully saturated rings. The number of likely N-dealkylation sites (tertiary alicyclic amines) is 1. The van der Waals surface area contributed by atoms with Crippen LogP contribution in [0, 0.1) is 0 Å². The average Bonchev–Trinajstić information content (AvgIpc) is 3.15. The summed E-state index contributed by atoms with van der Waals surface area (Å²) < 4.78 is 6.87. The van der Waals surface area contributed by atoms with E-state index in [0.717, 1.165) is 11.3 Å². The lowest BCUT2D eigenvalue weighted by molar-refractivity contribution is -0.0421. The van der Waals surface area contributed by atoms with Crippen molar-refractivity contribution in [2.45, 2.75) is 57.9 Å². The molecule has 0 spiro atoms. The molecule has 8 heteroatoms. The quantitative estimate of drug-likeness (QED) is 0.816. The zero-order valence-corrected chi connectivity index (χ0v) is 18.2. The molecule has 4 rings (SSSR count). The van der Waals surface area contributed by atoms with Gasteiger partial charge in [-0.25, -0.2) is 9.78 Å². The molecule has 3 heterocycles. The maximum atomic E-state index is 13.0. The van der Waals surface area contributed by atoms with E-state index in [-0.39, 0.29) is 24.7 Å². The normalized spacial score (nSPS) is 17.8. The van der Waals surface area contributed by atoms with Gasteiger partial charge in [0.1, 0.15) is 11.3 Å². The summed E-state index contributed by atoms with van der Waals surface area (Å²) in [6.45, 7) is 6.65. The zero-order chi connectivity index (χ0) is 22.2. The number of benzene rings is 1. The molecule has 1 saturated heterocycles. The first-order valence-electron chi connectivity index (χ1n) is 10.5. The summed E-state index contributed by atoms with van der Waals surface area (Å²) in [6, 6.07) is 9.68. The van der Waals surface area contributed by atoms with Crippen molar-refractivity contribution < 1.29 is 14.6 Å². The molecule has 1 amide bonds. The summed E-state index contributed by atoms with van der Waals surface area (Å²) in [6.07, 6.45) is 1.84. The van der Waals surface area contributed by atoms with Gasteiger partial charge in [-0.2, -0.15) is 0 Å². The minimum absolute atomic E-state index is 0.134. The number of hydrogen-bond donors (Lipinski definition) is 1. The lowest BCUT2D eigenvalue weighted by atomic mass is 9.91. The summed E-state index contributed by atoms with van der Waals surface area (Å²) in [5, 5.41) is 11.1. The molecule has 1 aromatic heterocycles. The summed E-state index contributed by atoms with van der Waals surface area (Å²) in [5.41, 5.74) is 0.996. The molecule has 2 aliphatic heterocycles. The highest BCUT2D eigenvalue weighted by Crippen LogP contribution is 2.26. The zero-order valence-electron chi connectivity index (χ0n) is 18.2. The number of nitrogens with zero attached hydrogens (tertiary/aromatic N) is 4. The molecular formula is C23H28N4O4. The van der Waals surface area contributed by atoms with Crippen molar-refractivity contribution >= 4 is 11.8 Å². The molecule has 2 aromatic rings. The van der Waals surface area contributed by atoms with Crippen LogP contribution in [0.1, 0.15) is 50.4 Å². The molecule has 1 N–H and O–H groups in total. The second-order valence-corrected chi connectivity index (χ2v) is 9.23. The van der Waals surface area contributed by atoms with Gasteiger partial charge >= 0.3 is 6.09 Å². The minimum Gasteiger partial charge on any atom is -0.444 e. The van der Waals surface area contributed by atoms with Gasteiger partial charge in [0.05, 0.1) is 36.3 Å². The number of carbonyl (C=O) groups is 1. The average molecular weight is 425 g/mol. The van der Waals surface area contributed by atoms with E-state index in [0.29, 0.717) is 37.2 Å². The number of carbonyl (C=O) groups excluding carboxylic acids is 1. The number of rotatable bonds is 3. The highest BCUT2D eigenvalue weighted by Gasteiger charge is 2.36. The van der Waals surface area contributed by atoms with Gasteiger partial charge in [0.2, 0.25) is 0 Å². The lowest BCUT2D eigenvalue weighted by Gasteiger charge is -2.38. The minimum atomic E-state index is -1.08. The van der Waals surface area contributed by atoms with Crippen LogP contribution in [0.25, 0.3) is 0 Å². The van der Waals surface area contributed by atoms with Crippen LogP contribution in [0.3, 0.4) is 0 Å². The first-order valence-corrected chi connectivity index (χ1v) is 10.5. The van der Waals surface area contributed by atoms with E-state index in [1.54, 1.807) is 4.90 Å². The number of amides is 1. The van der Waals surface area contributed by atoms with Gasteiger partial charge in [0.15, 0.2) is 0 Å². The Labute approximate surface area is 181 Å². The Hall–Kier alpha value is -3.00. The topological polar surface area (TPSA) is 97.0 Å². The summed E-state index contributed by atoms with van der Waals surface area (Å²) >= 11 is 0. The molecule has 164 valence electrons. The van der Waals surface area contributed by atoms with Gasteiger partial charge in [0, 0.05) is 18.7 Å². The second-order valence-electron chi connectivity index (χ2n) is 9.23. The monoisotopic (exact) mass is 424 g/mol. The fraction of sp³-hybridized carbons (Fsp3) is 0.478. The third kappa shape index (κ3) is 4.54. The van der Waals surface area contributed by atoms with E-state index < -0.39 is 11.2 Å². The van der Waals surface area contributed by atoms with Crippen LogP contribution < -0.4 is 5.56 Å². The molecule has 0 radical (unpaired) electrons. The Morgan fingerprint density at radius 2 is 1.87 bits per heavy atom. The summed E-state index contributed by atoms with van der Waals surface area (Å²) in [5.74, 6) is 0. The highest BCUT2D eigenvalue weighted by molar-refractivity contribution is 6.13. The van der Waals surface area contributed by atoms with Crippen molar-refractivity contribution in [3.8, 4) is 0 Å². The van der Waals surface area contributed by atoms with Crippen LogP contribution >= 0.6 is 0 Å². The molecule has 0 aliphatic carbocycles. The first kappa shape index (κ1) is 21.2. The number of hydrogen-bond acceptors (Lipinski definition) is 6. The van der Waals surface area contributed by atoms with E-state index in [1.165, 1.54) is 10.9 Å². The van der Waals surface area contributed by atoms with E-state index in [2.05, 4.69) is 9.98 Å². The van der Waals surface area contributed by atoms with Crippen LogP contribution in [-0.2, 0) is 17.8 Å².